The molecule has 0 fully saturated rings. The van der Waals surface area contributed by atoms with Crippen LogP contribution in [0, 0.1) is 0 Å². The number of carbonyl (C=O) groups is 1. The molecule has 74 valence electrons. The fraction of sp³-hybridized carbons (Fsp3) is 0.714. The van der Waals surface area contributed by atoms with E-state index < -0.39 is 11.2 Å². The fourth-order valence-electron chi connectivity index (χ4n) is 0.848. The summed E-state index contributed by atoms with van der Waals surface area (Å²) in [4.78, 5) is 14.7. The second kappa shape index (κ2) is 4.37. The molecule has 0 aromatic heterocycles. The Hall–Kier alpha value is -0.160. The molecule has 1 aliphatic heterocycles. The number of nitrogens with zero attached hydrogens (tertiary/aromatic N) is 1. The van der Waals surface area contributed by atoms with Crippen molar-refractivity contribution in [1.29, 1.82) is 0 Å². The van der Waals surface area contributed by atoms with Gasteiger partial charge in [-0.05, 0) is 18.0 Å². The van der Waals surface area contributed by atoms with Crippen molar-refractivity contribution in [1.82, 2.24) is 0 Å². The highest BCUT2D eigenvalue weighted by Crippen LogP contribution is 2.24. The van der Waals surface area contributed by atoms with Crippen molar-refractivity contribution >= 4 is 34.2 Å². The Labute approximate surface area is 83.7 Å². The molecule has 1 rings (SSSR count). The molecule has 0 aromatic carbocycles. The number of thioether (sulfide) groups is 1. The Morgan fingerprint density at radius 2 is 2.38 bits per heavy atom. The minimum Gasteiger partial charge on any atom is -0.291 e. The highest BCUT2D eigenvalue weighted by molar-refractivity contribution is 8.14. The Kier molecular flexibility index (Phi) is 3.67. The normalized spacial score (nSPS) is 18.2. The van der Waals surface area contributed by atoms with Crippen molar-refractivity contribution in [3.05, 3.63) is 0 Å². The number of hydrogen-bond acceptors (Lipinski definition) is 3. The molecule has 2 nitrogen and oxygen atoms in total. The van der Waals surface area contributed by atoms with E-state index in [1.54, 1.807) is 0 Å². The zero-order chi connectivity index (χ0) is 9.90. The van der Waals surface area contributed by atoms with Crippen LogP contribution in [0.3, 0.4) is 0 Å². The van der Waals surface area contributed by atoms with E-state index in [2.05, 4.69) is 16.6 Å². The Balaban J connectivity index is 2.49. The molecule has 13 heavy (non-hydrogen) atoms. The number of carbonyl (C=O) groups excluding carboxylic acids is 1. The van der Waals surface area contributed by atoms with Crippen molar-refractivity contribution in [3.63, 3.8) is 0 Å². The van der Waals surface area contributed by atoms with Crippen molar-refractivity contribution in [3.8, 4) is 0 Å². The standard InChI is InChI=1S/C7H8ClF2NOS/c8-7(9,10)5(12)4-6-11-2-1-3-13-6/h1-4H2. The maximum atomic E-state index is 12.2. The molecule has 0 N–H and O–H groups in total. The van der Waals surface area contributed by atoms with E-state index in [-0.39, 0.29) is 6.42 Å². The number of aliphatic imine (C=N–C) groups is 1. The summed E-state index contributed by atoms with van der Waals surface area (Å²) in [6.45, 7) is 0.615. The van der Waals surface area contributed by atoms with Crippen LogP contribution < -0.4 is 0 Å². The van der Waals surface area contributed by atoms with Gasteiger partial charge in [0.05, 0.1) is 11.5 Å². The molecule has 0 aliphatic carbocycles. The minimum atomic E-state index is -3.75. The maximum absolute atomic E-state index is 12.2. The van der Waals surface area contributed by atoms with E-state index in [9.17, 15) is 13.6 Å². The SMILES string of the molecule is O=C(CC1=NCCCS1)C(F)(F)Cl. The van der Waals surface area contributed by atoms with Crippen LogP contribution in [0.25, 0.3) is 0 Å². The third-order valence-electron chi connectivity index (χ3n) is 1.49. The van der Waals surface area contributed by atoms with Crippen molar-refractivity contribution < 1.29 is 13.6 Å². The average molecular weight is 228 g/mol. The average Bonchev–Trinajstić information content (AvgIpc) is 2.04. The third-order valence-corrected chi connectivity index (χ3v) is 2.80. The van der Waals surface area contributed by atoms with Gasteiger partial charge in [-0.1, -0.05) is 0 Å². The fourth-order valence-corrected chi connectivity index (χ4v) is 1.84. The van der Waals surface area contributed by atoms with Crippen molar-refractivity contribution in [2.75, 3.05) is 12.3 Å². The lowest BCUT2D eigenvalue weighted by atomic mass is 10.3. The van der Waals surface area contributed by atoms with Crippen LogP contribution in [0.2, 0.25) is 0 Å². The smallest absolute Gasteiger partial charge is 0.291 e. The van der Waals surface area contributed by atoms with E-state index in [0.29, 0.717) is 11.6 Å². The number of ketones is 1. The van der Waals surface area contributed by atoms with E-state index in [1.165, 1.54) is 11.8 Å². The van der Waals surface area contributed by atoms with Crippen LogP contribution in [0.5, 0.6) is 0 Å². The molecule has 0 unspecified atom stereocenters. The summed E-state index contributed by atoms with van der Waals surface area (Å²) in [6.07, 6.45) is 0.584. The molecule has 0 radical (unpaired) electrons. The monoisotopic (exact) mass is 227 g/mol. The Bertz CT molecular complexity index is 239. The van der Waals surface area contributed by atoms with E-state index in [0.717, 1.165) is 12.2 Å². The summed E-state index contributed by atoms with van der Waals surface area (Å²) >= 11 is 5.90. The number of Topliss-reactive ketones (excluding diaryl/α,β-unsaturated/α-hetero) is 1. The molecular formula is C7H8ClF2NOS. The molecule has 1 heterocycles. The lowest BCUT2D eigenvalue weighted by Gasteiger charge is -2.11. The topological polar surface area (TPSA) is 29.4 Å². The van der Waals surface area contributed by atoms with Crippen molar-refractivity contribution in [2.45, 2.75) is 18.2 Å². The van der Waals surface area contributed by atoms with Gasteiger partial charge in [-0.15, -0.1) is 11.8 Å². The predicted octanol–water partition coefficient (Wildman–Crippen LogP) is 2.31. The first kappa shape index (κ1) is 10.9. The van der Waals surface area contributed by atoms with Gasteiger partial charge >= 0.3 is 5.38 Å². The Morgan fingerprint density at radius 1 is 1.69 bits per heavy atom. The lowest BCUT2D eigenvalue weighted by molar-refractivity contribution is -0.132. The number of halogens is 3. The molecule has 1 aliphatic rings. The third kappa shape index (κ3) is 3.60. The van der Waals surface area contributed by atoms with E-state index >= 15 is 0 Å². The number of rotatable bonds is 3. The summed E-state index contributed by atoms with van der Waals surface area (Å²) in [6, 6.07) is 0. The molecule has 0 saturated carbocycles. The quantitative estimate of drug-likeness (QED) is 0.693. The molecule has 0 spiro atoms. The molecule has 0 saturated heterocycles. The zero-order valence-corrected chi connectivity index (χ0v) is 8.30. The first-order valence-electron chi connectivity index (χ1n) is 3.76. The number of alkyl halides is 3. The number of hydrogen-bond donors (Lipinski definition) is 0. The highest BCUT2D eigenvalue weighted by Gasteiger charge is 2.36. The zero-order valence-electron chi connectivity index (χ0n) is 6.73. The second-order valence-corrected chi connectivity index (χ2v) is 4.22. The first-order valence-corrected chi connectivity index (χ1v) is 5.12. The van der Waals surface area contributed by atoms with Gasteiger partial charge in [0.25, 0.3) is 0 Å². The van der Waals surface area contributed by atoms with Gasteiger partial charge < -0.3 is 0 Å². The highest BCUT2D eigenvalue weighted by atomic mass is 35.5. The van der Waals surface area contributed by atoms with Crippen LogP contribution in [-0.2, 0) is 4.79 Å². The molecular weight excluding hydrogens is 220 g/mol. The first-order chi connectivity index (χ1) is 6.00. The van der Waals surface area contributed by atoms with Crippen LogP contribution >= 0.6 is 23.4 Å². The van der Waals surface area contributed by atoms with Crippen LogP contribution in [0.4, 0.5) is 8.78 Å². The molecule has 0 amide bonds. The molecule has 0 aromatic rings. The summed E-state index contributed by atoms with van der Waals surface area (Å²) in [7, 11) is 0. The molecule has 0 bridgehead atoms. The van der Waals surface area contributed by atoms with E-state index in [1.807, 2.05) is 0 Å². The summed E-state index contributed by atoms with van der Waals surface area (Å²) < 4.78 is 24.4. The Morgan fingerprint density at radius 3 is 2.85 bits per heavy atom. The van der Waals surface area contributed by atoms with Crippen LogP contribution in [-0.4, -0.2) is 28.5 Å². The maximum Gasteiger partial charge on any atom is 0.380 e. The van der Waals surface area contributed by atoms with Gasteiger partial charge in [0.2, 0.25) is 5.78 Å². The van der Waals surface area contributed by atoms with Gasteiger partial charge in [-0.3, -0.25) is 9.79 Å². The largest absolute Gasteiger partial charge is 0.380 e. The summed E-state index contributed by atoms with van der Waals surface area (Å²) in [5.74, 6) is -0.442. The molecule has 0 atom stereocenters. The van der Waals surface area contributed by atoms with Crippen LogP contribution in [0.1, 0.15) is 12.8 Å². The lowest BCUT2D eigenvalue weighted by Crippen LogP contribution is -2.24. The minimum absolute atomic E-state index is 0.346. The van der Waals surface area contributed by atoms with Gasteiger partial charge in [-0.2, -0.15) is 8.78 Å². The summed E-state index contributed by atoms with van der Waals surface area (Å²) in [5.41, 5.74) is 0. The second-order valence-electron chi connectivity index (χ2n) is 2.58. The predicted molar refractivity (Wildman–Crippen MR) is 49.8 cm³/mol. The van der Waals surface area contributed by atoms with Gasteiger partial charge in [-0.25, -0.2) is 0 Å². The van der Waals surface area contributed by atoms with Crippen LogP contribution in [0.15, 0.2) is 4.99 Å². The van der Waals surface area contributed by atoms with E-state index in [4.69, 9.17) is 0 Å². The van der Waals surface area contributed by atoms with Gasteiger partial charge in [0, 0.05) is 12.3 Å². The van der Waals surface area contributed by atoms with Crippen molar-refractivity contribution in [2.24, 2.45) is 4.99 Å². The molecule has 6 heteroatoms. The van der Waals surface area contributed by atoms with Gasteiger partial charge in [0.1, 0.15) is 0 Å². The summed E-state index contributed by atoms with van der Waals surface area (Å²) in [5, 5.41) is -3.28. The van der Waals surface area contributed by atoms with Gasteiger partial charge in [0.15, 0.2) is 0 Å².